The third kappa shape index (κ3) is 39.4. The number of aliphatic hydroxyl groups excluding tert-OH is 1. The Morgan fingerprint density at radius 1 is 0.491 bits per heavy atom. The van der Waals surface area contributed by atoms with Gasteiger partial charge in [-0.3, -0.25) is 9.59 Å². The molecule has 0 rings (SSSR count). The summed E-state index contributed by atoms with van der Waals surface area (Å²) >= 11 is 0. The molecule has 0 spiro atoms. The van der Waals surface area contributed by atoms with Crippen molar-refractivity contribution in [2.75, 3.05) is 52.7 Å². The highest BCUT2D eigenvalue weighted by molar-refractivity contribution is 5.69. The Labute approximate surface area is 326 Å². The third-order valence-electron chi connectivity index (χ3n) is 9.12. The second-order valence-electron chi connectivity index (χ2n) is 14.2. The Bertz CT molecular complexity index is 903. The molecule has 0 aromatic carbocycles. The lowest BCUT2D eigenvalue weighted by atomic mass is 10.1. The van der Waals surface area contributed by atoms with E-state index in [0.29, 0.717) is 58.7 Å². The Balaban J connectivity index is 4.02. The quantitative estimate of drug-likeness (QED) is 0.0289. The van der Waals surface area contributed by atoms with Crippen molar-refractivity contribution >= 4 is 11.9 Å². The van der Waals surface area contributed by atoms with Gasteiger partial charge in [0.25, 0.3) is 0 Å². The molecule has 0 aromatic rings. The van der Waals surface area contributed by atoms with Gasteiger partial charge in [0.2, 0.25) is 0 Å². The number of carbonyl (C=O) groups excluding carboxylic acids is 2. The number of unbranched alkanes of at least 4 members (excludes halogenated alkanes) is 17. The number of esters is 2. The number of hydrogen-bond acceptors (Lipinski definition) is 8. The van der Waals surface area contributed by atoms with E-state index in [1.807, 2.05) is 0 Å². The minimum absolute atomic E-state index is 0.0481. The van der Waals surface area contributed by atoms with Gasteiger partial charge in [0.15, 0.2) is 6.29 Å². The van der Waals surface area contributed by atoms with Crippen LogP contribution in [0.4, 0.5) is 0 Å². The summed E-state index contributed by atoms with van der Waals surface area (Å²) in [4.78, 5) is 26.7. The van der Waals surface area contributed by atoms with Crippen LogP contribution in [0.25, 0.3) is 0 Å². The molecule has 0 aromatic heterocycles. The van der Waals surface area contributed by atoms with Crippen LogP contribution in [0.15, 0.2) is 0 Å². The van der Waals surface area contributed by atoms with Crippen LogP contribution in [-0.2, 0) is 28.5 Å². The van der Waals surface area contributed by atoms with E-state index in [2.05, 4.69) is 49.4 Å². The Morgan fingerprint density at radius 3 is 1.43 bits per heavy atom. The van der Waals surface area contributed by atoms with Gasteiger partial charge in [0.05, 0.1) is 39.5 Å². The van der Waals surface area contributed by atoms with Crippen molar-refractivity contribution in [2.24, 2.45) is 0 Å². The molecule has 0 saturated carbocycles. The molecule has 0 aliphatic heterocycles. The highest BCUT2D eigenvalue weighted by Gasteiger charge is 2.13. The largest absolute Gasteiger partial charge is 0.466 e. The molecule has 308 valence electrons. The molecule has 0 heterocycles. The predicted octanol–water partition coefficient (Wildman–Crippen LogP) is 10.3. The summed E-state index contributed by atoms with van der Waals surface area (Å²) in [7, 11) is 0. The van der Waals surface area contributed by atoms with Gasteiger partial charge in [-0.05, 0) is 58.0 Å². The summed E-state index contributed by atoms with van der Waals surface area (Å²) < 4.78 is 22.7. The second kappa shape index (κ2) is 42.6. The maximum Gasteiger partial charge on any atom is 0.305 e. The Morgan fingerprint density at radius 2 is 0.925 bits per heavy atom. The average molecular weight is 748 g/mol. The molecule has 0 atom stereocenters. The highest BCUT2D eigenvalue weighted by atomic mass is 16.7. The summed E-state index contributed by atoms with van der Waals surface area (Å²) in [5.41, 5.74) is 0. The zero-order valence-corrected chi connectivity index (χ0v) is 34.7. The lowest BCUT2D eigenvalue weighted by Crippen LogP contribution is -2.29. The van der Waals surface area contributed by atoms with Crippen LogP contribution in [0.5, 0.6) is 0 Å². The molecule has 0 aliphatic carbocycles. The summed E-state index contributed by atoms with van der Waals surface area (Å²) in [6, 6.07) is 0. The van der Waals surface area contributed by atoms with Crippen molar-refractivity contribution in [1.82, 2.24) is 4.90 Å². The lowest BCUT2D eigenvalue weighted by Gasteiger charge is -2.21. The number of carbonyl (C=O) groups is 2. The molecular weight excluding hydrogens is 666 g/mol. The van der Waals surface area contributed by atoms with Crippen LogP contribution in [0, 0.1) is 23.7 Å². The molecule has 53 heavy (non-hydrogen) atoms. The van der Waals surface area contributed by atoms with Gasteiger partial charge >= 0.3 is 11.9 Å². The number of aliphatic hydroxyl groups is 1. The van der Waals surface area contributed by atoms with Crippen LogP contribution in [0.3, 0.4) is 0 Å². The first kappa shape index (κ1) is 50.9. The van der Waals surface area contributed by atoms with Crippen LogP contribution < -0.4 is 0 Å². The average Bonchev–Trinajstić information content (AvgIpc) is 3.15. The fourth-order valence-corrected chi connectivity index (χ4v) is 5.80. The molecule has 8 nitrogen and oxygen atoms in total. The van der Waals surface area contributed by atoms with Gasteiger partial charge in [-0.25, -0.2) is 0 Å². The van der Waals surface area contributed by atoms with E-state index in [1.165, 1.54) is 32.1 Å². The normalized spacial score (nSPS) is 11.0. The smallest absolute Gasteiger partial charge is 0.305 e. The summed E-state index contributed by atoms with van der Waals surface area (Å²) in [6.45, 7) is 11.4. The van der Waals surface area contributed by atoms with Crippen molar-refractivity contribution in [3.63, 3.8) is 0 Å². The summed E-state index contributed by atoms with van der Waals surface area (Å²) in [5, 5.41) is 9.52. The van der Waals surface area contributed by atoms with E-state index < -0.39 is 6.29 Å². The van der Waals surface area contributed by atoms with Crippen LogP contribution in [0.1, 0.15) is 194 Å². The molecule has 0 saturated heterocycles. The highest BCUT2D eigenvalue weighted by Crippen LogP contribution is 2.11. The summed E-state index contributed by atoms with van der Waals surface area (Å²) in [5.74, 6) is 12.4. The van der Waals surface area contributed by atoms with Gasteiger partial charge in [-0.2, -0.15) is 0 Å². The minimum Gasteiger partial charge on any atom is -0.466 e. The molecule has 1 N–H and O–H groups in total. The van der Waals surface area contributed by atoms with E-state index in [9.17, 15) is 14.7 Å². The number of hydrogen-bond donors (Lipinski definition) is 1. The fraction of sp³-hybridized carbons (Fsp3) is 0.867. The Kier molecular flexibility index (Phi) is 40.9. The first-order valence-electron chi connectivity index (χ1n) is 21.9. The van der Waals surface area contributed by atoms with Crippen molar-refractivity contribution in [3.05, 3.63) is 0 Å². The van der Waals surface area contributed by atoms with Gasteiger partial charge in [0.1, 0.15) is 0 Å². The Hall–Kier alpha value is -2.10. The monoisotopic (exact) mass is 748 g/mol. The molecule has 0 radical (unpaired) electrons. The molecule has 0 bridgehead atoms. The first-order chi connectivity index (χ1) is 26.1. The van der Waals surface area contributed by atoms with Crippen molar-refractivity contribution in [2.45, 2.75) is 200 Å². The molecule has 0 amide bonds. The minimum atomic E-state index is -0.459. The van der Waals surface area contributed by atoms with Crippen LogP contribution in [-0.4, -0.2) is 80.9 Å². The fourth-order valence-electron chi connectivity index (χ4n) is 5.80. The van der Waals surface area contributed by atoms with E-state index in [0.717, 1.165) is 122 Å². The number of nitrogens with zero attached hydrogens (tertiary/aromatic N) is 1. The van der Waals surface area contributed by atoms with Crippen molar-refractivity contribution < 1.29 is 33.6 Å². The zero-order valence-electron chi connectivity index (χ0n) is 34.7. The van der Waals surface area contributed by atoms with Crippen molar-refractivity contribution in [3.8, 4) is 23.7 Å². The lowest BCUT2D eigenvalue weighted by molar-refractivity contribution is -0.157. The van der Waals surface area contributed by atoms with Gasteiger partial charge in [-0.1, -0.05) is 104 Å². The summed E-state index contributed by atoms with van der Waals surface area (Å²) in [6.07, 6.45) is 26.4. The van der Waals surface area contributed by atoms with E-state index in [4.69, 9.17) is 18.9 Å². The van der Waals surface area contributed by atoms with E-state index in [1.54, 1.807) is 0 Å². The van der Waals surface area contributed by atoms with Gasteiger partial charge in [-0.15, -0.1) is 23.7 Å². The van der Waals surface area contributed by atoms with Gasteiger partial charge in [0, 0.05) is 45.1 Å². The van der Waals surface area contributed by atoms with Crippen LogP contribution in [0.2, 0.25) is 0 Å². The SMILES string of the molecule is CCCCC#CCCOC(CCC(=O)OCCCCCCN(CCO)CCCCCCCC(=O)OCCCCCCCCC)OCCC#CCCCC. The molecular formula is C45H81NO7. The number of rotatable bonds is 38. The maximum absolute atomic E-state index is 12.4. The maximum atomic E-state index is 12.4. The molecule has 0 aliphatic rings. The molecule has 8 heteroatoms. The zero-order chi connectivity index (χ0) is 38.7. The molecule has 0 fully saturated rings. The predicted molar refractivity (Wildman–Crippen MR) is 218 cm³/mol. The number of ether oxygens (including phenoxy) is 4. The van der Waals surface area contributed by atoms with Crippen molar-refractivity contribution in [1.29, 1.82) is 0 Å². The van der Waals surface area contributed by atoms with Gasteiger partial charge < -0.3 is 29.0 Å². The van der Waals surface area contributed by atoms with E-state index in [-0.39, 0.29) is 25.0 Å². The molecule has 0 unspecified atom stereocenters. The third-order valence-corrected chi connectivity index (χ3v) is 9.12. The standard InChI is InChI=1S/C45H81NO7/c1-4-7-10-13-16-23-28-39-50-43(48)32-25-18-17-19-26-35-46(37-38-47)36-27-20-24-29-40-51-44(49)33-34-45(52-41-30-21-14-11-8-5-2)53-42-31-22-15-12-9-6-3/h45,47H,4-13,16-20,23-42H2,1-3H3. The van der Waals surface area contributed by atoms with E-state index >= 15 is 0 Å². The topological polar surface area (TPSA) is 94.5 Å². The second-order valence-corrected chi connectivity index (χ2v) is 14.2. The first-order valence-corrected chi connectivity index (χ1v) is 21.9. The van der Waals surface area contributed by atoms with Crippen LogP contribution >= 0.6 is 0 Å².